The molecular weight excluding hydrogens is 496 g/mol. The predicted octanol–water partition coefficient (Wildman–Crippen LogP) is 4.16. The quantitative estimate of drug-likeness (QED) is 0.328. The van der Waals surface area contributed by atoms with E-state index in [0.29, 0.717) is 6.54 Å². The van der Waals surface area contributed by atoms with E-state index in [4.69, 9.17) is 15.2 Å². The Morgan fingerprint density at radius 2 is 1.51 bits per heavy atom. The van der Waals surface area contributed by atoms with Gasteiger partial charge in [0.2, 0.25) is 0 Å². The molecule has 0 saturated carbocycles. The van der Waals surface area contributed by atoms with Crippen molar-refractivity contribution in [1.29, 1.82) is 0 Å². The molecule has 4 atom stereocenters. The number of benzene rings is 3. The lowest BCUT2D eigenvalue weighted by molar-refractivity contribution is -0.384. The fraction of sp³-hybridized carbons (Fsp3) is 0.400. The van der Waals surface area contributed by atoms with E-state index in [1.165, 1.54) is 0 Å². The van der Waals surface area contributed by atoms with Crippen LogP contribution in [0.1, 0.15) is 41.6 Å². The number of nitro groups is 1. The Bertz CT molecular complexity index is 1230. The highest BCUT2D eigenvalue weighted by molar-refractivity contribution is 5.51. The summed E-state index contributed by atoms with van der Waals surface area (Å²) in [5.74, 6) is 0.109. The molecule has 0 unspecified atom stereocenters. The van der Waals surface area contributed by atoms with Gasteiger partial charge in [-0.3, -0.25) is 15.0 Å². The number of anilines is 1. The molecule has 0 spiro atoms. The topological polar surface area (TPSA) is 114 Å². The summed E-state index contributed by atoms with van der Waals surface area (Å²) < 4.78 is 13.1. The first kappa shape index (κ1) is 27.2. The van der Waals surface area contributed by atoms with Crippen LogP contribution >= 0.6 is 0 Å². The van der Waals surface area contributed by atoms with Crippen molar-refractivity contribution in [3.05, 3.63) is 105 Å². The van der Waals surface area contributed by atoms with Gasteiger partial charge in [0.1, 0.15) is 0 Å². The number of nitro benzene ring substituents is 1. The zero-order valence-corrected chi connectivity index (χ0v) is 22.2. The van der Waals surface area contributed by atoms with E-state index in [-0.39, 0.29) is 35.3 Å². The molecule has 5 rings (SSSR count). The van der Waals surface area contributed by atoms with Gasteiger partial charge >= 0.3 is 0 Å². The van der Waals surface area contributed by atoms with Crippen molar-refractivity contribution < 1.29 is 19.5 Å². The normalized spacial score (nSPS) is 24.0. The average Bonchev–Trinajstić information content (AvgIpc) is 2.99. The molecule has 0 aromatic heterocycles. The second-order valence-electron chi connectivity index (χ2n) is 10.3. The molecule has 0 aliphatic carbocycles. The number of ether oxygens (including phenoxy) is 2. The van der Waals surface area contributed by atoms with Crippen LogP contribution in [0, 0.1) is 16.0 Å². The summed E-state index contributed by atoms with van der Waals surface area (Å²) in [6, 6.07) is 22.8. The molecule has 0 bridgehead atoms. The van der Waals surface area contributed by atoms with Crippen LogP contribution in [0.2, 0.25) is 0 Å². The number of nitrogens with zero attached hydrogens (tertiary/aromatic N) is 3. The highest BCUT2D eigenvalue weighted by Crippen LogP contribution is 2.42. The third-order valence-corrected chi connectivity index (χ3v) is 7.85. The number of nitrogens with two attached hydrogens (primary N) is 1. The van der Waals surface area contributed by atoms with Gasteiger partial charge in [-0.15, -0.1) is 0 Å². The molecule has 2 heterocycles. The fourth-order valence-electron chi connectivity index (χ4n) is 5.37. The van der Waals surface area contributed by atoms with E-state index in [0.717, 1.165) is 60.7 Å². The number of hydrogen-bond acceptors (Lipinski definition) is 8. The monoisotopic (exact) mass is 532 g/mol. The van der Waals surface area contributed by atoms with Crippen LogP contribution in [-0.2, 0) is 22.6 Å². The van der Waals surface area contributed by atoms with Crippen molar-refractivity contribution in [2.45, 2.75) is 38.6 Å². The average molecular weight is 533 g/mol. The second kappa shape index (κ2) is 12.2. The lowest BCUT2D eigenvalue weighted by atomic mass is 9.90. The maximum absolute atomic E-state index is 11.0. The number of hydrogen-bond donors (Lipinski definition) is 2. The maximum Gasteiger partial charge on any atom is 0.269 e. The molecule has 9 nitrogen and oxygen atoms in total. The molecule has 39 heavy (non-hydrogen) atoms. The first-order chi connectivity index (χ1) is 18.9. The summed E-state index contributed by atoms with van der Waals surface area (Å²) in [5, 5.41) is 20.5. The van der Waals surface area contributed by atoms with E-state index in [2.05, 4.69) is 16.7 Å². The molecule has 0 radical (unpaired) electrons. The number of non-ortho nitro benzene ring substituents is 1. The first-order valence-corrected chi connectivity index (χ1v) is 13.5. The van der Waals surface area contributed by atoms with Crippen molar-refractivity contribution in [1.82, 2.24) is 4.90 Å². The minimum Gasteiger partial charge on any atom is -0.392 e. The van der Waals surface area contributed by atoms with Gasteiger partial charge in [0, 0.05) is 68.6 Å². The molecular formula is C30H36N4O5. The van der Waals surface area contributed by atoms with Gasteiger partial charge in [-0.05, 0) is 28.8 Å². The van der Waals surface area contributed by atoms with E-state index in [1.54, 1.807) is 12.1 Å². The van der Waals surface area contributed by atoms with Gasteiger partial charge in [0.05, 0.1) is 23.7 Å². The minimum atomic E-state index is -0.498. The number of rotatable bonds is 8. The lowest BCUT2D eigenvalue weighted by Gasteiger charge is -2.44. The fourth-order valence-corrected chi connectivity index (χ4v) is 5.37. The second-order valence-corrected chi connectivity index (χ2v) is 10.3. The Morgan fingerprint density at radius 1 is 0.897 bits per heavy atom. The largest absolute Gasteiger partial charge is 0.392 e. The Balaban J connectivity index is 1.29. The maximum atomic E-state index is 11.0. The van der Waals surface area contributed by atoms with E-state index >= 15 is 0 Å². The van der Waals surface area contributed by atoms with Crippen LogP contribution < -0.4 is 10.6 Å². The molecule has 2 aliphatic rings. The van der Waals surface area contributed by atoms with Crippen LogP contribution in [0.3, 0.4) is 0 Å². The molecule has 3 aromatic carbocycles. The van der Waals surface area contributed by atoms with Gasteiger partial charge in [0.15, 0.2) is 6.29 Å². The van der Waals surface area contributed by atoms with E-state index in [1.807, 2.05) is 60.7 Å². The molecule has 9 heteroatoms. The van der Waals surface area contributed by atoms with Gasteiger partial charge in [-0.2, -0.15) is 0 Å². The number of aliphatic hydroxyl groups excluding tert-OH is 1. The Morgan fingerprint density at radius 3 is 2.10 bits per heavy atom. The standard InChI is InChI=1S/C30H36N4O5/c1-21-28(19-32-14-16-33(17-15-32)26-10-12-27(13-11-26)34(36)37)38-30(25-8-2-22(18-31)3-9-25)39-29(21)24-6-4-23(20-35)5-7-24/h2-13,21,28-30,35H,14-20,31H2,1H3/t21-,28+,29+,30+/m1/s1. The first-order valence-electron chi connectivity index (χ1n) is 13.5. The van der Waals surface area contributed by atoms with Crippen molar-refractivity contribution in [3.63, 3.8) is 0 Å². The number of piperazine rings is 1. The molecule has 206 valence electrons. The highest BCUT2D eigenvalue weighted by Gasteiger charge is 2.39. The van der Waals surface area contributed by atoms with Gasteiger partial charge in [0.25, 0.3) is 5.69 Å². The predicted molar refractivity (Wildman–Crippen MR) is 149 cm³/mol. The van der Waals surface area contributed by atoms with E-state index in [9.17, 15) is 15.2 Å². The van der Waals surface area contributed by atoms with Crippen molar-refractivity contribution in [3.8, 4) is 0 Å². The van der Waals surface area contributed by atoms with Gasteiger partial charge in [-0.25, -0.2) is 0 Å². The number of aliphatic hydroxyl groups is 1. The minimum absolute atomic E-state index is 0.00899. The van der Waals surface area contributed by atoms with Crippen LogP contribution in [0.4, 0.5) is 11.4 Å². The molecule has 3 N–H and O–H groups in total. The molecule has 2 saturated heterocycles. The van der Waals surface area contributed by atoms with Crippen LogP contribution in [0.25, 0.3) is 0 Å². The third-order valence-electron chi connectivity index (χ3n) is 7.85. The highest BCUT2D eigenvalue weighted by atomic mass is 16.7. The molecule has 0 amide bonds. The molecule has 3 aromatic rings. The van der Waals surface area contributed by atoms with Crippen molar-refractivity contribution in [2.24, 2.45) is 11.7 Å². The van der Waals surface area contributed by atoms with Gasteiger partial charge < -0.3 is 25.2 Å². The molecule has 2 aliphatic heterocycles. The van der Waals surface area contributed by atoms with Crippen molar-refractivity contribution in [2.75, 3.05) is 37.6 Å². The summed E-state index contributed by atoms with van der Waals surface area (Å²) in [6.07, 6.45) is -0.703. The summed E-state index contributed by atoms with van der Waals surface area (Å²) in [5.41, 5.74) is 10.9. The van der Waals surface area contributed by atoms with Gasteiger partial charge in [-0.1, -0.05) is 55.5 Å². The summed E-state index contributed by atoms with van der Waals surface area (Å²) in [4.78, 5) is 15.3. The van der Waals surface area contributed by atoms with Crippen LogP contribution in [0.5, 0.6) is 0 Å². The lowest BCUT2D eigenvalue weighted by Crippen LogP contribution is -2.51. The summed E-state index contributed by atoms with van der Waals surface area (Å²) in [7, 11) is 0. The third kappa shape index (κ3) is 6.29. The van der Waals surface area contributed by atoms with Crippen molar-refractivity contribution >= 4 is 11.4 Å². The van der Waals surface area contributed by atoms with E-state index < -0.39 is 6.29 Å². The Kier molecular flexibility index (Phi) is 8.54. The SMILES string of the molecule is C[C@@H]1[C@H](CN2CCN(c3ccc([N+](=O)[O-])cc3)CC2)O[C@H](c2ccc(CN)cc2)O[C@@H]1c1ccc(CO)cc1. The Hall–Kier alpha value is -3.34. The zero-order chi connectivity index (χ0) is 27.4. The molecule has 2 fully saturated rings. The summed E-state index contributed by atoms with van der Waals surface area (Å²) in [6.45, 7) is 6.87. The summed E-state index contributed by atoms with van der Waals surface area (Å²) >= 11 is 0. The van der Waals surface area contributed by atoms with Crippen LogP contribution in [0.15, 0.2) is 72.8 Å². The van der Waals surface area contributed by atoms with Crippen LogP contribution in [-0.4, -0.2) is 53.8 Å². The smallest absolute Gasteiger partial charge is 0.269 e. The zero-order valence-electron chi connectivity index (χ0n) is 22.2. The Labute approximate surface area is 228 Å².